The number of hydrogen-bond donors (Lipinski definition) is 0. The molecule has 0 N–H and O–H groups in total. The normalized spacial score (nSPS) is 22.1. The fourth-order valence-corrected chi connectivity index (χ4v) is 6.19. The number of sulfonamides is 1. The summed E-state index contributed by atoms with van der Waals surface area (Å²) in [5, 5.41) is 0.553. The van der Waals surface area contributed by atoms with Crippen LogP contribution in [-0.4, -0.2) is 65.7 Å². The number of nitrogens with zero attached hydrogens (tertiary/aromatic N) is 3. The zero-order valence-corrected chi connectivity index (χ0v) is 19.9. The van der Waals surface area contributed by atoms with Crippen molar-refractivity contribution in [2.45, 2.75) is 49.8 Å². The average molecular weight is 494 g/mol. The fourth-order valence-electron chi connectivity index (χ4n) is 4.46. The van der Waals surface area contributed by atoms with Crippen LogP contribution in [0.3, 0.4) is 0 Å². The number of carbonyl (C=O) groups excluding carboxylic acids is 2. The van der Waals surface area contributed by atoms with Crippen molar-refractivity contribution in [3.63, 3.8) is 0 Å². The first-order chi connectivity index (χ1) is 15.6. The Balaban J connectivity index is 1.75. The lowest BCUT2D eigenvalue weighted by atomic mass is 9.97. The summed E-state index contributed by atoms with van der Waals surface area (Å²) >= 11 is 5.98. The molecule has 176 valence electrons. The van der Waals surface area contributed by atoms with Gasteiger partial charge in [-0.3, -0.25) is 9.59 Å². The van der Waals surface area contributed by atoms with Crippen molar-refractivity contribution in [3.8, 4) is 0 Å². The van der Waals surface area contributed by atoms with E-state index in [9.17, 15) is 22.4 Å². The van der Waals surface area contributed by atoms with Gasteiger partial charge in [-0.1, -0.05) is 29.8 Å². The smallest absolute Gasteiger partial charge is 0.246 e. The van der Waals surface area contributed by atoms with Crippen LogP contribution in [0.25, 0.3) is 0 Å². The first kappa shape index (κ1) is 23.7. The monoisotopic (exact) mass is 493 g/mol. The van der Waals surface area contributed by atoms with Crippen LogP contribution >= 0.6 is 11.6 Å². The summed E-state index contributed by atoms with van der Waals surface area (Å²) in [5.74, 6) is -1.17. The Hall–Kier alpha value is -2.49. The lowest BCUT2D eigenvalue weighted by Crippen LogP contribution is -2.72. The molecule has 0 saturated carbocycles. The minimum atomic E-state index is -4.10. The lowest BCUT2D eigenvalue weighted by molar-refractivity contribution is -0.166. The van der Waals surface area contributed by atoms with Crippen LogP contribution in [-0.2, 0) is 26.0 Å². The summed E-state index contributed by atoms with van der Waals surface area (Å²) in [6.45, 7) is 3.71. The first-order valence-corrected chi connectivity index (χ1v) is 12.5. The maximum Gasteiger partial charge on any atom is 0.246 e. The van der Waals surface area contributed by atoms with E-state index in [1.165, 1.54) is 27.4 Å². The highest BCUT2D eigenvalue weighted by Gasteiger charge is 2.51. The number of rotatable bonds is 5. The molecule has 2 atom stereocenters. The van der Waals surface area contributed by atoms with Gasteiger partial charge >= 0.3 is 0 Å². The van der Waals surface area contributed by atoms with Crippen LogP contribution in [0.15, 0.2) is 53.4 Å². The van der Waals surface area contributed by atoms with Gasteiger partial charge in [0.25, 0.3) is 0 Å². The summed E-state index contributed by atoms with van der Waals surface area (Å²) in [7, 11) is -4.10. The summed E-state index contributed by atoms with van der Waals surface area (Å²) in [6, 6.07) is 10.8. The topological polar surface area (TPSA) is 78.0 Å². The lowest BCUT2D eigenvalue weighted by Gasteiger charge is -2.52. The highest BCUT2D eigenvalue weighted by molar-refractivity contribution is 7.89. The van der Waals surface area contributed by atoms with E-state index in [-0.39, 0.29) is 48.7 Å². The predicted molar refractivity (Wildman–Crippen MR) is 121 cm³/mol. The summed E-state index contributed by atoms with van der Waals surface area (Å²) in [6.07, 6.45) is -0.705. The molecule has 33 heavy (non-hydrogen) atoms. The molecule has 2 fully saturated rings. The Morgan fingerprint density at radius 1 is 1.12 bits per heavy atom. The molecule has 2 saturated heterocycles. The zero-order valence-electron chi connectivity index (χ0n) is 18.3. The van der Waals surface area contributed by atoms with E-state index in [4.69, 9.17) is 11.6 Å². The van der Waals surface area contributed by atoms with Gasteiger partial charge in [0.2, 0.25) is 21.8 Å². The third-order valence-corrected chi connectivity index (χ3v) is 8.26. The third kappa shape index (κ3) is 4.49. The number of benzene rings is 2. The molecule has 0 spiro atoms. The predicted octanol–water partition coefficient (Wildman–Crippen LogP) is 2.89. The van der Waals surface area contributed by atoms with Gasteiger partial charge < -0.3 is 9.80 Å². The number of carbonyl (C=O) groups is 2. The molecule has 4 rings (SSSR count). The maximum atomic E-state index is 13.8. The van der Waals surface area contributed by atoms with Crippen LogP contribution in [0.5, 0.6) is 0 Å². The van der Waals surface area contributed by atoms with Crippen molar-refractivity contribution < 1.29 is 22.4 Å². The minimum Gasteiger partial charge on any atom is -0.335 e. The molecule has 0 aliphatic carbocycles. The molecule has 2 aromatic rings. The zero-order chi connectivity index (χ0) is 23.9. The number of piperazine rings is 1. The number of fused-ring (bicyclic) bond motifs is 1. The van der Waals surface area contributed by atoms with E-state index in [0.717, 1.165) is 11.6 Å². The maximum absolute atomic E-state index is 13.8. The van der Waals surface area contributed by atoms with Crippen LogP contribution < -0.4 is 0 Å². The molecule has 10 heteroatoms. The van der Waals surface area contributed by atoms with Gasteiger partial charge in [0.05, 0.1) is 11.4 Å². The number of halogens is 2. The molecule has 2 heterocycles. The molecule has 7 nitrogen and oxygen atoms in total. The Labute approximate surface area is 197 Å². The quantitative estimate of drug-likeness (QED) is 0.641. The second-order valence-electron chi connectivity index (χ2n) is 8.54. The molecule has 2 amide bonds. The Morgan fingerprint density at radius 3 is 2.45 bits per heavy atom. The molecule has 2 aliphatic rings. The highest BCUT2D eigenvalue weighted by atomic mass is 35.5. The number of amides is 2. The first-order valence-electron chi connectivity index (χ1n) is 10.7. The average Bonchev–Trinajstić information content (AvgIpc) is 2.76. The van der Waals surface area contributed by atoms with Crippen molar-refractivity contribution in [2.75, 3.05) is 13.1 Å². The van der Waals surface area contributed by atoms with Crippen molar-refractivity contribution in [1.82, 2.24) is 14.1 Å². The molecular formula is C23H25ClFN3O4S. The molecule has 2 aromatic carbocycles. The van der Waals surface area contributed by atoms with Gasteiger partial charge in [-0.15, -0.1) is 0 Å². The number of hydrogen-bond acceptors (Lipinski definition) is 4. The third-order valence-electron chi connectivity index (χ3n) is 6.12. The summed E-state index contributed by atoms with van der Waals surface area (Å²) in [4.78, 5) is 29.2. The van der Waals surface area contributed by atoms with E-state index in [2.05, 4.69) is 0 Å². The molecular weight excluding hydrogens is 469 g/mol. The second kappa shape index (κ2) is 9.04. The largest absolute Gasteiger partial charge is 0.335 e. The molecule has 2 unspecified atom stereocenters. The van der Waals surface area contributed by atoms with Crippen LogP contribution in [0.1, 0.15) is 25.8 Å². The minimum absolute atomic E-state index is 0.0351. The summed E-state index contributed by atoms with van der Waals surface area (Å²) in [5.41, 5.74) is 0.806. The van der Waals surface area contributed by atoms with Crippen LogP contribution in [0.2, 0.25) is 5.02 Å². The second-order valence-corrected chi connectivity index (χ2v) is 10.9. The Bertz CT molecular complexity index is 1170. The van der Waals surface area contributed by atoms with Gasteiger partial charge in [0.15, 0.2) is 0 Å². The molecule has 0 bridgehead atoms. The Morgan fingerprint density at radius 2 is 1.82 bits per heavy atom. The molecule has 0 aromatic heterocycles. The van der Waals surface area contributed by atoms with Crippen molar-refractivity contribution in [2.24, 2.45) is 0 Å². The van der Waals surface area contributed by atoms with Crippen molar-refractivity contribution in [3.05, 3.63) is 64.9 Å². The molecule has 0 radical (unpaired) electrons. The fraction of sp³-hybridized carbons (Fsp3) is 0.391. The van der Waals surface area contributed by atoms with E-state index in [1.807, 2.05) is 13.8 Å². The van der Waals surface area contributed by atoms with E-state index < -0.39 is 28.0 Å². The van der Waals surface area contributed by atoms with Gasteiger partial charge in [-0.25, -0.2) is 12.8 Å². The van der Waals surface area contributed by atoms with Gasteiger partial charge in [-0.2, -0.15) is 4.31 Å². The molecule has 2 aliphatic heterocycles. The Kier molecular flexibility index (Phi) is 6.48. The van der Waals surface area contributed by atoms with Gasteiger partial charge in [0.1, 0.15) is 18.0 Å². The van der Waals surface area contributed by atoms with E-state index in [1.54, 1.807) is 29.2 Å². The SMILES string of the molecule is CC(C)N1CC2N(C(=O)CCN2S(=O)(=O)c2cccc(F)c2)C(Cc2ccc(Cl)cc2)C1=O. The van der Waals surface area contributed by atoms with Gasteiger partial charge in [0, 0.05) is 30.5 Å². The van der Waals surface area contributed by atoms with E-state index >= 15 is 0 Å². The van der Waals surface area contributed by atoms with Crippen LogP contribution in [0.4, 0.5) is 4.39 Å². The summed E-state index contributed by atoms with van der Waals surface area (Å²) < 4.78 is 42.0. The van der Waals surface area contributed by atoms with E-state index in [0.29, 0.717) is 5.02 Å². The highest BCUT2D eigenvalue weighted by Crippen LogP contribution is 2.32. The van der Waals surface area contributed by atoms with Gasteiger partial charge in [-0.05, 0) is 49.7 Å². The van der Waals surface area contributed by atoms with Crippen LogP contribution in [0, 0.1) is 5.82 Å². The standard InChI is InChI=1S/C23H25ClFN3O4S/c1-15(2)26-14-21-27(33(31,32)19-5-3-4-18(25)13-19)11-10-22(29)28(21)20(23(26)30)12-16-6-8-17(24)9-7-16/h3-9,13,15,20-21H,10-12,14H2,1-2H3. The van der Waals surface area contributed by atoms with Crippen molar-refractivity contribution >= 4 is 33.4 Å². The van der Waals surface area contributed by atoms with Crippen molar-refractivity contribution in [1.29, 1.82) is 0 Å².